The van der Waals surface area contributed by atoms with Gasteiger partial charge in [0.05, 0.1) is 13.7 Å². The highest BCUT2D eigenvalue weighted by Crippen LogP contribution is 2.17. The second-order valence-corrected chi connectivity index (χ2v) is 5.14. The van der Waals surface area contributed by atoms with Gasteiger partial charge in [-0.2, -0.15) is 0 Å². The van der Waals surface area contributed by atoms with Crippen LogP contribution in [0.25, 0.3) is 0 Å². The molecule has 0 heterocycles. The molecule has 0 unspecified atom stereocenters. The minimum Gasteiger partial charge on any atom is -0.496 e. The molecule has 2 N–H and O–H groups in total. The van der Waals surface area contributed by atoms with Gasteiger partial charge in [-0.1, -0.05) is 32.0 Å². The molecular weight excluding hydrogens is 280 g/mol. The Balaban J connectivity index is 2.30. The molecule has 0 aliphatic rings. The van der Waals surface area contributed by atoms with Crippen LogP contribution in [0.15, 0.2) is 24.3 Å². The van der Waals surface area contributed by atoms with Crippen LogP contribution in [-0.2, 0) is 16.0 Å². The maximum atomic E-state index is 11.8. The molecule has 0 radical (unpaired) electrons. The average Bonchev–Trinajstić information content (AvgIpc) is 2.54. The number of carbonyl (C=O) groups excluding carboxylic acids is 2. The van der Waals surface area contributed by atoms with Crippen molar-refractivity contribution in [3.8, 4) is 5.75 Å². The summed E-state index contributed by atoms with van der Waals surface area (Å²) in [6.45, 7) is 4.49. The van der Waals surface area contributed by atoms with E-state index in [0.29, 0.717) is 13.0 Å². The van der Waals surface area contributed by atoms with Crippen LogP contribution in [0.4, 0.5) is 0 Å². The molecule has 1 aromatic carbocycles. The normalized spacial score (nSPS) is 10.4. The number of para-hydroxylation sites is 1. The van der Waals surface area contributed by atoms with Crippen LogP contribution in [0.2, 0.25) is 0 Å². The van der Waals surface area contributed by atoms with Crippen LogP contribution in [0, 0.1) is 5.92 Å². The Morgan fingerprint density at radius 3 is 2.45 bits per heavy atom. The number of hydrogen-bond donors (Lipinski definition) is 2. The van der Waals surface area contributed by atoms with E-state index >= 15 is 0 Å². The first-order valence-corrected chi connectivity index (χ1v) is 7.78. The molecule has 5 heteroatoms. The third-order valence-electron chi connectivity index (χ3n) is 3.69. The lowest BCUT2D eigenvalue weighted by Gasteiger charge is -2.13. The number of carbonyl (C=O) groups is 2. The van der Waals surface area contributed by atoms with Crippen molar-refractivity contribution in [2.24, 2.45) is 5.92 Å². The average molecular weight is 306 g/mol. The van der Waals surface area contributed by atoms with Gasteiger partial charge >= 0.3 is 0 Å². The maximum absolute atomic E-state index is 11.8. The van der Waals surface area contributed by atoms with Crippen LogP contribution in [-0.4, -0.2) is 32.0 Å². The van der Waals surface area contributed by atoms with E-state index < -0.39 is 0 Å². The van der Waals surface area contributed by atoms with E-state index in [1.54, 1.807) is 7.11 Å². The SMILES string of the molecule is CCC(CC)C(=O)NCC(=O)NCCc1ccccc1OC. The lowest BCUT2D eigenvalue weighted by atomic mass is 10.0. The molecule has 0 aromatic heterocycles. The minimum atomic E-state index is -0.172. The molecule has 1 rings (SSSR count). The summed E-state index contributed by atoms with van der Waals surface area (Å²) in [4.78, 5) is 23.5. The van der Waals surface area contributed by atoms with Crippen molar-refractivity contribution in [2.45, 2.75) is 33.1 Å². The zero-order valence-corrected chi connectivity index (χ0v) is 13.6. The molecule has 0 fully saturated rings. The fourth-order valence-electron chi connectivity index (χ4n) is 2.28. The van der Waals surface area contributed by atoms with Crippen molar-refractivity contribution < 1.29 is 14.3 Å². The first kappa shape index (κ1) is 18.0. The van der Waals surface area contributed by atoms with E-state index in [2.05, 4.69) is 10.6 Å². The van der Waals surface area contributed by atoms with E-state index in [4.69, 9.17) is 4.74 Å². The van der Waals surface area contributed by atoms with Crippen molar-refractivity contribution in [3.63, 3.8) is 0 Å². The number of amides is 2. The summed E-state index contributed by atoms with van der Waals surface area (Å²) in [5.41, 5.74) is 1.05. The topological polar surface area (TPSA) is 67.4 Å². The summed E-state index contributed by atoms with van der Waals surface area (Å²) in [7, 11) is 1.63. The van der Waals surface area contributed by atoms with Gasteiger partial charge in [0.2, 0.25) is 11.8 Å². The van der Waals surface area contributed by atoms with Gasteiger partial charge in [0.25, 0.3) is 0 Å². The summed E-state index contributed by atoms with van der Waals surface area (Å²) in [6, 6.07) is 7.72. The van der Waals surface area contributed by atoms with E-state index in [1.807, 2.05) is 38.1 Å². The predicted molar refractivity (Wildman–Crippen MR) is 86.8 cm³/mol. The summed E-state index contributed by atoms with van der Waals surface area (Å²) in [6.07, 6.45) is 2.27. The van der Waals surface area contributed by atoms with Gasteiger partial charge in [0.15, 0.2) is 0 Å². The number of ether oxygens (including phenoxy) is 1. The first-order chi connectivity index (χ1) is 10.6. The second kappa shape index (κ2) is 9.82. The van der Waals surface area contributed by atoms with Crippen LogP contribution in [0.3, 0.4) is 0 Å². The van der Waals surface area contributed by atoms with Gasteiger partial charge in [0, 0.05) is 12.5 Å². The summed E-state index contributed by atoms with van der Waals surface area (Å²) in [5, 5.41) is 5.48. The Morgan fingerprint density at radius 1 is 1.14 bits per heavy atom. The quantitative estimate of drug-likeness (QED) is 0.732. The van der Waals surface area contributed by atoms with Gasteiger partial charge < -0.3 is 15.4 Å². The highest BCUT2D eigenvalue weighted by molar-refractivity contribution is 5.85. The molecule has 0 bridgehead atoms. The molecule has 0 spiro atoms. The molecule has 0 saturated carbocycles. The predicted octanol–water partition coefficient (Wildman–Crippen LogP) is 1.91. The van der Waals surface area contributed by atoms with E-state index in [9.17, 15) is 9.59 Å². The number of nitrogens with one attached hydrogen (secondary N) is 2. The highest BCUT2D eigenvalue weighted by atomic mass is 16.5. The van der Waals surface area contributed by atoms with Gasteiger partial charge in [-0.05, 0) is 30.9 Å². The summed E-state index contributed by atoms with van der Waals surface area (Å²) >= 11 is 0. The van der Waals surface area contributed by atoms with E-state index in [-0.39, 0.29) is 24.3 Å². The molecule has 122 valence electrons. The summed E-state index contributed by atoms with van der Waals surface area (Å²) in [5.74, 6) is 0.583. The zero-order valence-electron chi connectivity index (χ0n) is 13.6. The molecule has 5 nitrogen and oxygen atoms in total. The van der Waals surface area contributed by atoms with E-state index in [0.717, 1.165) is 24.2 Å². The smallest absolute Gasteiger partial charge is 0.239 e. The van der Waals surface area contributed by atoms with Crippen molar-refractivity contribution in [1.29, 1.82) is 0 Å². The van der Waals surface area contributed by atoms with Gasteiger partial charge in [0.1, 0.15) is 5.75 Å². The van der Waals surface area contributed by atoms with Crippen molar-refractivity contribution in [1.82, 2.24) is 10.6 Å². The molecule has 0 aliphatic carbocycles. The van der Waals surface area contributed by atoms with Gasteiger partial charge in [-0.15, -0.1) is 0 Å². The lowest BCUT2D eigenvalue weighted by Crippen LogP contribution is -2.40. The van der Waals surface area contributed by atoms with Gasteiger partial charge in [-0.3, -0.25) is 9.59 Å². The third-order valence-corrected chi connectivity index (χ3v) is 3.69. The minimum absolute atomic E-state index is 0.0126. The molecule has 22 heavy (non-hydrogen) atoms. The molecular formula is C17H26N2O3. The Bertz CT molecular complexity index is 485. The first-order valence-electron chi connectivity index (χ1n) is 7.78. The maximum Gasteiger partial charge on any atom is 0.239 e. The third kappa shape index (κ3) is 5.76. The molecule has 2 amide bonds. The van der Waals surface area contributed by atoms with Crippen LogP contribution >= 0.6 is 0 Å². The second-order valence-electron chi connectivity index (χ2n) is 5.14. The Hall–Kier alpha value is -2.04. The molecule has 0 saturated heterocycles. The summed E-state index contributed by atoms with van der Waals surface area (Å²) < 4.78 is 5.26. The number of rotatable bonds is 9. The van der Waals surface area contributed by atoms with E-state index in [1.165, 1.54) is 0 Å². The van der Waals surface area contributed by atoms with Crippen molar-refractivity contribution in [3.05, 3.63) is 29.8 Å². The Labute approximate surface area is 132 Å². The van der Waals surface area contributed by atoms with Crippen LogP contribution < -0.4 is 15.4 Å². The van der Waals surface area contributed by atoms with Crippen LogP contribution in [0.1, 0.15) is 32.3 Å². The lowest BCUT2D eigenvalue weighted by molar-refractivity contribution is -0.128. The molecule has 0 atom stereocenters. The van der Waals surface area contributed by atoms with Crippen molar-refractivity contribution >= 4 is 11.8 Å². The van der Waals surface area contributed by atoms with Crippen molar-refractivity contribution in [2.75, 3.05) is 20.2 Å². The molecule has 1 aromatic rings. The Kier molecular flexibility index (Phi) is 8.04. The fraction of sp³-hybridized carbons (Fsp3) is 0.529. The Morgan fingerprint density at radius 2 is 1.82 bits per heavy atom. The monoisotopic (exact) mass is 306 g/mol. The van der Waals surface area contributed by atoms with Crippen LogP contribution in [0.5, 0.6) is 5.75 Å². The standard InChI is InChI=1S/C17H26N2O3/c1-4-13(5-2)17(21)19-12-16(20)18-11-10-14-8-6-7-9-15(14)22-3/h6-9,13H,4-5,10-12H2,1-3H3,(H,18,20)(H,19,21). The number of benzene rings is 1. The largest absolute Gasteiger partial charge is 0.496 e. The number of hydrogen-bond acceptors (Lipinski definition) is 3. The highest BCUT2D eigenvalue weighted by Gasteiger charge is 2.14. The molecule has 0 aliphatic heterocycles. The zero-order chi connectivity index (χ0) is 16.4. The van der Waals surface area contributed by atoms with Gasteiger partial charge in [-0.25, -0.2) is 0 Å². The fourth-order valence-corrected chi connectivity index (χ4v) is 2.28. The number of methoxy groups -OCH3 is 1.